The van der Waals surface area contributed by atoms with E-state index in [1.54, 1.807) is 49.4 Å². The van der Waals surface area contributed by atoms with Crippen LogP contribution in [-0.2, 0) is 9.53 Å². The zero-order chi connectivity index (χ0) is 17.7. The minimum absolute atomic E-state index is 0.0466. The van der Waals surface area contributed by atoms with Gasteiger partial charge < -0.3 is 10.1 Å². The predicted octanol–water partition coefficient (Wildman–Crippen LogP) is 2.32. The lowest BCUT2D eigenvalue weighted by Crippen LogP contribution is -2.26. The van der Waals surface area contributed by atoms with Crippen molar-refractivity contribution in [1.82, 2.24) is 5.32 Å². The van der Waals surface area contributed by atoms with Crippen molar-refractivity contribution >= 4 is 11.5 Å². The Labute approximate surface area is 139 Å². The standard InChI is InChI=1S/C18H12N4O2/c1-11-15(18(23)24-2)16(12-6-4-3-5-7-12)14(10-21)17(22-11)13(8-19)9-20/h3-7,22H,1-2H3. The number of ether oxygens (including phenoxy) is 1. The van der Waals surface area contributed by atoms with E-state index in [0.29, 0.717) is 16.8 Å². The number of carbonyl (C=O) groups is 1. The predicted molar refractivity (Wildman–Crippen MR) is 85.1 cm³/mol. The van der Waals surface area contributed by atoms with Gasteiger partial charge in [0.2, 0.25) is 0 Å². The van der Waals surface area contributed by atoms with E-state index in [2.05, 4.69) is 5.32 Å². The first-order valence-corrected chi connectivity index (χ1v) is 6.90. The molecule has 24 heavy (non-hydrogen) atoms. The van der Waals surface area contributed by atoms with Crippen LogP contribution in [0.1, 0.15) is 12.5 Å². The summed E-state index contributed by atoms with van der Waals surface area (Å²) in [4.78, 5) is 12.2. The maximum atomic E-state index is 12.2. The second-order valence-corrected chi connectivity index (χ2v) is 4.82. The molecule has 0 bridgehead atoms. The molecule has 0 saturated carbocycles. The second kappa shape index (κ2) is 6.96. The van der Waals surface area contributed by atoms with Crippen LogP contribution in [-0.4, -0.2) is 13.1 Å². The molecule has 6 heteroatoms. The lowest BCUT2D eigenvalue weighted by atomic mass is 9.87. The first-order chi connectivity index (χ1) is 11.6. The molecule has 116 valence electrons. The van der Waals surface area contributed by atoms with E-state index in [1.165, 1.54) is 7.11 Å². The van der Waals surface area contributed by atoms with Gasteiger partial charge in [-0.1, -0.05) is 30.3 Å². The third-order valence-electron chi connectivity index (χ3n) is 3.47. The van der Waals surface area contributed by atoms with Crippen molar-refractivity contribution in [3.63, 3.8) is 0 Å². The van der Waals surface area contributed by atoms with Gasteiger partial charge in [0.25, 0.3) is 0 Å². The summed E-state index contributed by atoms with van der Waals surface area (Å²) in [5.41, 5.74) is 1.44. The fraction of sp³-hybridized carbons (Fsp3) is 0.111. The number of carbonyl (C=O) groups excluding carboxylic acids is 1. The third kappa shape index (κ3) is 2.75. The number of nitrogens with zero attached hydrogens (tertiary/aromatic N) is 3. The third-order valence-corrected chi connectivity index (χ3v) is 3.47. The van der Waals surface area contributed by atoms with Gasteiger partial charge in [-0.05, 0) is 12.5 Å². The highest BCUT2D eigenvalue weighted by Crippen LogP contribution is 2.36. The van der Waals surface area contributed by atoms with Crippen LogP contribution >= 0.6 is 0 Å². The van der Waals surface area contributed by atoms with Crippen LogP contribution in [0, 0.1) is 34.0 Å². The first kappa shape index (κ1) is 16.5. The summed E-state index contributed by atoms with van der Waals surface area (Å²) in [5, 5.41) is 30.7. The Morgan fingerprint density at radius 3 is 2.25 bits per heavy atom. The van der Waals surface area contributed by atoms with Gasteiger partial charge in [0.05, 0.1) is 24.0 Å². The molecule has 0 unspecified atom stereocenters. The van der Waals surface area contributed by atoms with Crippen LogP contribution in [0.4, 0.5) is 0 Å². The maximum Gasteiger partial charge on any atom is 0.340 e. The fourth-order valence-corrected chi connectivity index (χ4v) is 2.44. The lowest BCUT2D eigenvalue weighted by molar-refractivity contribution is -0.135. The molecule has 0 aromatic heterocycles. The molecule has 0 radical (unpaired) electrons. The topological polar surface area (TPSA) is 110 Å². The molecule has 1 aromatic carbocycles. The molecule has 0 atom stereocenters. The molecule has 0 amide bonds. The van der Waals surface area contributed by atoms with Crippen LogP contribution in [0.2, 0.25) is 0 Å². The SMILES string of the molecule is COC(=O)C1=C(C)NC(=C(C#N)C#N)C(C#N)=C1c1ccccc1. The lowest BCUT2D eigenvalue weighted by Gasteiger charge is -2.24. The number of allylic oxidation sites excluding steroid dienone is 3. The molecule has 1 aromatic rings. The average molecular weight is 316 g/mol. The molecule has 1 N–H and O–H groups in total. The molecular formula is C18H12N4O2. The van der Waals surface area contributed by atoms with Gasteiger partial charge in [0.1, 0.15) is 18.2 Å². The molecule has 6 nitrogen and oxygen atoms in total. The monoisotopic (exact) mass is 316 g/mol. The van der Waals surface area contributed by atoms with Gasteiger partial charge in [0.15, 0.2) is 5.57 Å². The minimum atomic E-state index is -0.610. The minimum Gasteiger partial charge on any atom is -0.465 e. The summed E-state index contributed by atoms with van der Waals surface area (Å²) < 4.78 is 4.83. The summed E-state index contributed by atoms with van der Waals surface area (Å²) >= 11 is 0. The smallest absolute Gasteiger partial charge is 0.340 e. The number of methoxy groups -OCH3 is 1. The van der Waals surface area contributed by atoms with Crippen molar-refractivity contribution in [2.24, 2.45) is 0 Å². The van der Waals surface area contributed by atoms with Crippen molar-refractivity contribution in [3.05, 3.63) is 64.0 Å². The normalized spacial score (nSPS) is 13.4. The first-order valence-electron chi connectivity index (χ1n) is 6.90. The molecule has 1 heterocycles. The number of nitriles is 3. The van der Waals surface area contributed by atoms with Gasteiger partial charge in [0, 0.05) is 11.3 Å². The van der Waals surface area contributed by atoms with E-state index < -0.39 is 5.97 Å². The fourth-order valence-electron chi connectivity index (χ4n) is 2.44. The van der Waals surface area contributed by atoms with E-state index in [0.717, 1.165) is 0 Å². The second-order valence-electron chi connectivity index (χ2n) is 4.82. The zero-order valence-corrected chi connectivity index (χ0v) is 13.0. The largest absolute Gasteiger partial charge is 0.465 e. The molecule has 0 saturated heterocycles. The van der Waals surface area contributed by atoms with Crippen LogP contribution in [0.25, 0.3) is 5.57 Å². The van der Waals surface area contributed by atoms with Crippen molar-refractivity contribution in [2.75, 3.05) is 7.11 Å². The van der Waals surface area contributed by atoms with Gasteiger partial charge in [-0.2, -0.15) is 15.8 Å². The Bertz CT molecular complexity index is 900. The molecule has 1 aliphatic rings. The Morgan fingerprint density at radius 1 is 1.12 bits per heavy atom. The van der Waals surface area contributed by atoms with E-state index in [-0.39, 0.29) is 22.4 Å². The van der Waals surface area contributed by atoms with E-state index in [9.17, 15) is 10.1 Å². The molecule has 0 spiro atoms. The summed E-state index contributed by atoms with van der Waals surface area (Å²) in [5.74, 6) is -0.610. The number of rotatable bonds is 2. The Hall–Kier alpha value is -3.82. The maximum absolute atomic E-state index is 12.2. The van der Waals surface area contributed by atoms with Crippen LogP contribution in [0.15, 0.2) is 58.4 Å². The number of hydrogen-bond donors (Lipinski definition) is 1. The van der Waals surface area contributed by atoms with E-state index in [4.69, 9.17) is 15.3 Å². The molecular weight excluding hydrogens is 304 g/mol. The summed E-state index contributed by atoms with van der Waals surface area (Å²) in [6, 6.07) is 14.4. The number of dihydropyridines is 1. The highest BCUT2D eigenvalue weighted by atomic mass is 16.5. The molecule has 0 fully saturated rings. The summed E-state index contributed by atoms with van der Waals surface area (Å²) in [6.07, 6.45) is 0. The highest BCUT2D eigenvalue weighted by Gasteiger charge is 2.31. The summed E-state index contributed by atoms with van der Waals surface area (Å²) in [6.45, 7) is 1.62. The molecule has 0 aliphatic carbocycles. The van der Waals surface area contributed by atoms with Gasteiger partial charge >= 0.3 is 5.97 Å². The molecule has 2 rings (SSSR count). The molecule has 1 aliphatic heterocycles. The summed E-state index contributed by atoms with van der Waals surface area (Å²) in [7, 11) is 1.25. The van der Waals surface area contributed by atoms with Crippen molar-refractivity contribution < 1.29 is 9.53 Å². The highest BCUT2D eigenvalue weighted by molar-refractivity contribution is 6.10. The average Bonchev–Trinajstić information content (AvgIpc) is 2.62. The number of benzene rings is 1. The van der Waals surface area contributed by atoms with Gasteiger partial charge in [-0.3, -0.25) is 0 Å². The van der Waals surface area contributed by atoms with Gasteiger partial charge in [-0.15, -0.1) is 0 Å². The zero-order valence-electron chi connectivity index (χ0n) is 13.0. The van der Waals surface area contributed by atoms with Crippen molar-refractivity contribution in [2.45, 2.75) is 6.92 Å². The van der Waals surface area contributed by atoms with E-state index >= 15 is 0 Å². The number of hydrogen-bond acceptors (Lipinski definition) is 6. The van der Waals surface area contributed by atoms with Crippen LogP contribution in [0.3, 0.4) is 0 Å². The van der Waals surface area contributed by atoms with Crippen LogP contribution < -0.4 is 5.32 Å². The van der Waals surface area contributed by atoms with Crippen molar-refractivity contribution in [3.8, 4) is 18.2 Å². The quantitative estimate of drug-likeness (QED) is 0.662. The Kier molecular flexibility index (Phi) is 4.80. The number of nitrogens with one attached hydrogen (secondary N) is 1. The van der Waals surface area contributed by atoms with E-state index in [1.807, 2.05) is 6.07 Å². The Morgan fingerprint density at radius 2 is 1.75 bits per heavy atom. The van der Waals surface area contributed by atoms with Crippen molar-refractivity contribution in [1.29, 1.82) is 15.8 Å². The Balaban J connectivity index is 2.92. The van der Waals surface area contributed by atoms with Crippen LogP contribution in [0.5, 0.6) is 0 Å². The number of esters is 1. The van der Waals surface area contributed by atoms with Gasteiger partial charge in [-0.25, -0.2) is 4.79 Å².